The molecule has 0 aromatic heterocycles. The summed E-state index contributed by atoms with van der Waals surface area (Å²) < 4.78 is 0. The van der Waals surface area contributed by atoms with Crippen LogP contribution in [0.2, 0.25) is 0 Å². The standard InChI is InChI=1S/C6H12N2/c1-4-6(2,3)8-5-7/h7H,4H2,1-3H3. The summed E-state index contributed by atoms with van der Waals surface area (Å²) in [4.78, 5) is 3.79. The van der Waals surface area contributed by atoms with Crippen molar-refractivity contribution in [1.29, 1.82) is 5.41 Å². The molecule has 0 aromatic rings. The van der Waals surface area contributed by atoms with Crippen molar-refractivity contribution in [2.24, 2.45) is 4.99 Å². The first kappa shape index (κ1) is 7.38. The van der Waals surface area contributed by atoms with Crippen molar-refractivity contribution >= 4 is 6.01 Å². The van der Waals surface area contributed by atoms with Gasteiger partial charge in [-0.2, -0.15) is 0 Å². The fourth-order valence-electron chi connectivity index (χ4n) is 0.230. The smallest absolute Gasteiger partial charge is 0.0867 e. The van der Waals surface area contributed by atoms with E-state index in [1.807, 2.05) is 26.8 Å². The molecule has 0 aliphatic carbocycles. The molecule has 0 atom stereocenters. The number of rotatable bonds is 2. The van der Waals surface area contributed by atoms with Crippen LogP contribution in [0.3, 0.4) is 0 Å². The Morgan fingerprint density at radius 1 is 1.62 bits per heavy atom. The third-order valence-corrected chi connectivity index (χ3v) is 1.22. The Hall–Kier alpha value is -0.620. The summed E-state index contributed by atoms with van der Waals surface area (Å²) in [5.41, 5.74) is -0.0816. The number of hydrogen-bond acceptors (Lipinski definition) is 2. The van der Waals surface area contributed by atoms with E-state index in [-0.39, 0.29) is 5.54 Å². The second-order valence-corrected chi connectivity index (χ2v) is 2.39. The number of aliphatic imine (C=N–C) groups is 1. The van der Waals surface area contributed by atoms with E-state index in [0.29, 0.717) is 0 Å². The van der Waals surface area contributed by atoms with Gasteiger partial charge in [0.25, 0.3) is 0 Å². The normalized spacial score (nSPS) is 10.4. The molecule has 0 saturated carbocycles. The average molecular weight is 112 g/mol. The van der Waals surface area contributed by atoms with E-state index in [1.165, 1.54) is 0 Å². The number of nitrogens with one attached hydrogen (secondary N) is 1. The fraction of sp³-hybridized carbons (Fsp3) is 0.833. The van der Waals surface area contributed by atoms with Crippen molar-refractivity contribution in [2.45, 2.75) is 32.7 Å². The van der Waals surface area contributed by atoms with E-state index in [1.54, 1.807) is 0 Å². The molecule has 0 rings (SSSR count). The third kappa shape index (κ3) is 2.54. The Balaban J connectivity index is 3.90. The van der Waals surface area contributed by atoms with E-state index < -0.39 is 0 Å². The first-order valence-electron chi connectivity index (χ1n) is 2.76. The lowest BCUT2D eigenvalue weighted by Gasteiger charge is -2.12. The summed E-state index contributed by atoms with van der Waals surface area (Å²) in [6, 6.07) is 2.03. The van der Waals surface area contributed by atoms with Crippen molar-refractivity contribution in [1.82, 2.24) is 0 Å². The Morgan fingerprint density at radius 2 is 2.12 bits per heavy atom. The van der Waals surface area contributed by atoms with Crippen LogP contribution in [-0.2, 0) is 0 Å². The largest absolute Gasteiger partial charge is 0.242 e. The molecule has 0 unspecified atom stereocenters. The van der Waals surface area contributed by atoms with E-state index in [9.17, 15) is 0 Å². The van der Waals surface area contributed by atoms with Gasteiger partial charge >= 0.3 is 0 Å². The van der Waals surface area contributed by atoms with Crippen molar-refractivity contribution < 1.29 is 0 Å². The minimum Gasteiger partial charge on any atom is -0.242 e. The maximum atomic E-state index is 6.54. The summed E-state index contributed by atoms with van der Waals surface area (Å²) in [5.74, 6) is 0. The maximum absolute atomic E-state index is 6.54. The molecule has 0 aliphatic heterocycles. The van der Waals surface area contributed by atoms with E-state index in [2.05, 4.69) is 4.99 Å². The van der Waals surface area contributed by atoms with Crippen LogP contribution in [0.5, 0.6) is 0 Å². The van der Waals surface area contributed by atoms with Crippen LogP contribution in [-0.4, -0.2) is 11.5 Å². The highest BCUT2D eigenvalue weighted by Gasteiger charge is 2.10. The van der Waals surface area contributed by atoms with Gasteiger partial charge in [-0.1, -0.05) is 6.92 Å². The van der Waals surface area contributed by atoms with E-state index in [4.69, 9.17) is 5.41 Å². The summed E-state index contributed by atoms with van der Waals surface area (Å²) in [7, 11) is 0. The van der Waals surface area contributed by atoms with Crippen molar-refractivity contribution in [3.8, 4) is 0 Å². The van der Waals surface area contributed by atoms with Gasteiger partial charge in [-0.05, 0) is 20.3 Å². The van der Waals surface area contributed by atoms with Crippen LogP contribution >= 0.6 is 0 Å². The second kappa shape index (κ2) is 2.63. The molecule has 0 saturated heterocycles. The molecular formula is C6H12N2. The molecule has 0 heterocycles. The third-order valence-electron chi connectivity index (χ3n) is 1.22. The van der Waals surface area contributed by atoms with Crippen LogP contribution in [0.4, 0.5) is 0 Å². The predicted octanol–water partition coefficient (Wildman–Crippen LogP) is 1.93. The van der Waals surface area contributed by atoms with E-state index >= 15 is 0 Å². The van der Waals surface area contributed by atoms with Crippen LogP contribution in [0.1, 0.15) is 27.2 Å². The molecule has 46 valence electrons. The summed E-state index contributed by atoms with van der Waals surface area (Å²) in [6.07, 6.45) is 0.957. The van der Waals surface area contributed by atoms with Gasteiger partial charge in [-0.15, -0.1) is 0 Å². The van der Waals surface area contributed by atoms with Gasteiger partial charge in [0, 0.05) is 0 Å². The maximum Gasteiger partial charge on any atom is 0.0867 e. The lowest BCUT2D eigenvalue weighted by atomic mass is 10.0. The predicted molar refractivity (Wildman–Crippen MR) is 34.5 cm³/mol. The highest BCUT2D eigenvalue weighted by molar-refractivity contribution is 5.37. The monoisotopic (exact) mass is 112 g/mol. The summed E-state index contributed by atoms with van der Waals surface area (Å²) >= 11 is 0. The van der Waals surface area contributed by atoms with Gasteiger partial charge in [0.15, 0.2) is 0 Å². The summed E-state index contributed by atoms with van der Waals surface area (Å²) in [6.45, 7) is 6.00. The van der Waals surface area contributed by atoms with E-state index in [0.717, 1.165) is 6.42 Å². The number of nitrogens with zero attached hydrogens (tertiary/aromatic N) is 1. The van der Waals surface area contributed by atoms with Crippen LogP contribution in [0.25, 0.3) is 0 Å². The zero-order valence-electron chi connectivity index (χ0n) is 5.65. The lowest BCUT2D eigenvalue weighted by Crippen LogP contribution is -2.13. The molecule has 2 nitrogen and oxygen atoms in total. The molecule has 2 heteroatoms. The summed E-state index contributed by atoms with van der Waals surface area (Å²) in [5, 5.41) is 6.54. The van der Waals surface area contributed by atoms with Gasteiger partial charge in [0.1, 0.15) is 0 Å². The Bertz CT molecular complexity index is 110. The molecule has 8 heavy (non-hydrogen) atoms. The zero-order chi connectivity index (χ0) is 6.62. The minimum absolute atomic E-state index is 0.0816. The SMILES string of the molecule is CCC(C)(C)N=C=N. The lowest BCUT2D eigenvalue weighted by molar-refractivity contribution is 0.507. The van der Waals surface area contributed by atoms with Crippen molar-refractivity contribution in [2.75, 3.05) is 0 Å². The van der Waals surface area contributed by atoms with Gasteiger partial charge in [0.2, 0.25) is 0 Å². The average Bonchev–Trinajstić information content (AvgIpc) is 1.67. The van der Waals surface area contributed by atoms with Gasteiger partial charge in [-0.3, -0.25) is 0 Å². The minimum atomic E-state index is -0.0816. The highest BCUT2D eigenvalue weighted by atomic mass is 14.8. The number of hydrogen-bond donors (Lipinski definition) is 1. The van der Waals surface area contributed by atoms with Crippen LogP contribution in [0, 0.1) is 5.41 Å². The van der Waals surface area contributed by atoms with Gasteiger partial charge < -0.3 is 0 Å². The molecule has 0 spiro atoms. The molecule has 0 bridgehead atoms. The first-order chi connectivity index (χ1) is 3.62. The molecule has 0 radical (unpaired) electrons. The van der Waals surface area contributed by atoms with Gasteiger partial charge in [0.05, 0.1) is 11.5 Å². The van der Waals surface area contributed by atoms with Crippen molar-refractivity contribution in [3.05, 3.63) is 0 Å². The molecule has 1 N–H and O–H groups in total. The van der Waals surface area contributed by atoms with Gasteiger partial charge in [-0.25, -0.2) is 10.4 Å². The molecule has 0 fully saturated rings. The molecule has 0 aliphatic rings. The quantitative estimate of drug-likeness (QED) is 0.530. The molecular weight excluding hydrogens is 100 g/mol. The highest BCUT2D eigenvalue weighted by Crippen LogP contribution is 2.10. The van der Waals surface area contributed by atoms with Crippen molar-refractivity contribution in [3.63, 3.8) is 0 Å². The Morgan fingerprint density at radius 3 is 2.25 bits per heavy atom. The molecule has 0 amide bonds. The fourth-order valence-corrected chi connectivity index (χ4v) is 0.230. The van der Waals surface area contributed by atoms with Crippen LogP contribution < -0.4 is 0 Å². The topological polar surface area (TPSA) is 36.2 Å². The Kier molecular flexibility index (Phi) is 2.43. The van der Waals surface area contributed by atoms with Crippen LogP contribution in [0.15, 0.2) is 4.99 Å². The Labute approximate surface area is 50.1 Å². The second-order valence-electron chi connectivity index (χ2n) is 2.39. The molecule has 0 aromatic carbocycles. The zero-order valence-corrected chi connectivity index (χ0v) is 5.65. The first-order valence-corrected chi connectivity index (χ1v) is 2.76.